The Morgan fingerprint density at radius 3 is 2.17 bits per heavy atom. The first kappa shape index (κ1) is 22.1. The van der Waals surface area contributed by atoms with E-state index in [1.807, 2.05) is 18.2 Å². The predicted molar refractivity (Wildman–Crippen MR) is 115 cm³/mol. The molecule has 0 N–H and O–H groups in total. The maximum absolute atomic E-state index is 12.8. The van der Waals surface area contributed by atoms with Gasteiger partial charge in [-0.05, 0) is 48.2 Å². The Labute approximate surface area is 178 Å². The predicted octanol–water partition coefficient (Wildman–Crippen LogP) is 2.90. The summed E-state index contributed by atoms with van der Waals surface area (Å²) in [6.45, 7) is 1.60. The summed E-state index contributed by atoms with van der Waals surface area (Å²) < 4.78 is 37.0. The van der Waals surface area contributed by atoms with E-state index in [9.17, 15) is 13.2 Å². The van der Waals surface area contributed by atoms with Crippen LogP contribution in [0, 0.1) is 0 Å². The molecule has 2 aromatic rings. The molecular weight excluding hydrogens is 404 g/mol. The van der Waals surface area contributed by atoms with E-state index < -0.39 is 10.0 Å². The fourth-order valence-electron chi connectivity index (χ4n) is 3.56. The number of amides is 1. The van der Waals surface area contributed by atoms with Crippen molar-refractivity contribution in [2.24, 2.45) is 0 Å². The summed E-state index contributed by atoms with van der Waals surface area (Å²) in [4.78, 5) is 14.4. The lowest BCUT2D eigenvalue weighted by molar-refractivity contribution is 0.0785. The first-order valence-corrected chi connectivity index (χ1v) is 11.5. The Bertz CT molecular complexity index is 983. The van der Waals surface area contributed by atoms with Crippen molar-refractivity contribution >= 4 is 15.9 Å². The fourth-order valence-corrected chi connectivity index (χ4v) is 5.17. The standard InChI is InChI=1S/C22H28N2O5S/c1-23(15-18-8-11-20(28-2)21(14-18)29-3)22(25)19-9-6-17(7-10-19)16-30(26,27)24-12-4-5-13-24/h6-11,14H,4-5,12-13,15-16H2,1-3H3. The van der Waals surface area contributed by atoms with Crippen LogP contribution < -0.4 is 9.47 Å². The van der Waals surface area contributed by atoms with E-state index in [0.29, 0.717) is 42.3 Å². The van der Waals surface area contributed by atoms with Crippen LogP contribution in [0.1, 0.15) is 34.3 Å². The van der Waals surface area contributed by atoms with Gasteiger partial charge in [0.2, 0.25) is 10.0 Å². The molecule has 1 aliphatic heterocycles. The van der Waals surface area contributed by atoms with Gasteiger partial charge in [-0.15, -0.1) is 0 Å². The third-order valence-corrected chi connectivity index (χ3v) is 7.07. The van der Waals surface area contributed by atoms with Crippen LogP contribution in [0.15, 0.2) is 42.5 Å². The molecule has 0 radical (unpaired) electrons. The lowest BCUT2D eigenvalue weighted by atomic mass is 10.1. The zero-order valence-corrected chi connectivity index (χ0v) is 18.4. The maximum Gasteiger partial charge on any atom is 0.253 e. The number of benzene rings is 2. The minimum absolute atomic E-state index is 0.0387. The molecule has 0 spiro atoms. The molecule has 2 aromatic carbocycles. The maximum atomic E-state index is 12.8. The normalized spacial score (nSPS) is 14.5. The molecule has 0 aromatic heterocycles. The molecule has 0 unspecified atom stereocenters. The molecule has 0 saturated carbocycles. The van der Waals surface area contributed by atoms with Gasteiger partial charge in [-0.2, -0.15) is 0 Å². The van der Waals surface area contributed by atoms with E-state index in [1.165, 1.54) is 0 Å². The van der Waals surface area contributed by atoms with Crippen molar-refractivity contribution in [1.82, 2.24) is 9.21 Å². The first-order chi connectivity index (χ1) is 14.3. The molecule has 30 heavy (non-hydrogen) atoms. The first-order valence-electron chi connectivity index (χ1n) is 9.87. The van der Waals surface area contributed by atoms with Crippen LogP contribution >= 0.6 is 0 Å². The zero-order chi connectivity index (χ0) is 21.7. The molecule has 1 saturated heterocycles. The van der Waals surface area contributed by atoms with Gasteiger partial charge in [0.25, 0.3) is 5.91 Å². The lowest BCUT2D eigenvalue weighted by Crippen LogP contribution is -2.29. The molecule has 1 aliphatic rings. The summed E-state index contributed by atoms with van der Waals surface area (Å²) >= 11 is 0. The van der Waals surface area contributed by atoms with Gasteiger partial charge in [-0.3, -0.25) is 4.79 Å². The number of ether oxygens (including phenoxy) is 2. The fraction of sp³-hybridized carbons (Fsp3) is 0.409. The van der Waals surface area contributed by atoms with E-state index >= 15 is 0 Å². The van der Waals surface area contributed by atoms with Crippen molar-refractivity contribution in [1.29, 1.82) is 0 Å². The van der Waals surface area contributed by atoms with Crippen molar-refractivity contribution in [2.45, 2.75) is 25.1 Å². The van der Waals surface area contributed by atoms with E-state index in [0.717, 1.165) is 18.4 Å². The van der Waals surface area contributed by atoms with Crippen molar-refractivity contribution in [2.75, 3.05) is 34.4 Å². The molecule has 3 rings (SSSR count). The van der Waals surface area contributed by atoms with E-state index in [2.05, 4.69) is 0 Å². The molecule has 0 aliphatic carbocycles. The van der Waals surface area contributed by atoms with Gasteiger partial charge >= 0.3 is 0 Å². The van der Waals surface area contributed by atoms with Gasteiger partial charge in [-0.25, -0.2) is 12.7 Å². The van der Waals surface area contributed by atoms with Crippen molar-refractivity contribution in [3.63, 3.8) is 0 Å². The smallest absolute Gasteiger partial charge is 0.253 e. The number of sulfonamides is 1. The molecule has 0 bridgehead atoms. The number of rotatable bonds is 8. The second-order valence-electron chi connectivity index (χ2n) is 7.41. The molecule has 162 valence electrons. The number of methoxy groups -OCH3 is 2. The number of carbonyl (C=O) groups is 1. The van der Waals surface area contributed by atoms with Crippen LogP contribution in [0.5, 0.6) is 11.5 Å². The SMILES string of the molecule is COc1ccc(CN(C)C(=O)c2ccc(CS(=O)(=O)N3CCCC3)cc2)cc1OC. The summed E-state index contributed by atoms with van der Waals surface area (Å²) in [5, 5.41) is 0. The van der Waals surface area contributed by atoms with E-state index in [4.69, 9.17) is 9.47 Å². The monoisotopic (exact) mass is 432 g/mol. The molecule has 8 heteroatoms. The van der Waals surface area contributed by atoms with Crippen molar-refractivity contribution in [3.8, 4) is 11.5 Å². The van der Waals surface area contributed by atoms with Gasteiger partial charge < -0.3 is 14.4 Å². The Morgan fingerprint density at radius 1 is 0.967 bits per heavy atom. The molecule has 1 heterocycles. The molecule has 0 atom stereocenters. The number of hydrogen-bond acceptors (Lipinski definition) is 5. The Hall–Kier alpha value is -2.58. The quantitative estimate of drug-likeness (QED) is 0.641. The van der Waals surface area contributed by atoms with Gasteiger partial charge in [0, 0.05) is 32.2 Å². The van der Waals surface area contributed by atoms with E-state index in [-0.39, 0.29) is 11.7 Å². The zero-order valence-electron chi connectivity index (χ0n) is 17.6. The summed E-state index contributed by atoms with van der Waals surface area (Å²) in [5.74, 6) is 1.07. The topological polar surface area (TPSA) is 76.2 Å². The minimum atomic E-state index is -3.30. The van der Waals surface area contributed by atoms with Crippen LogP contribution in [0.25, 0.3) is 0 Å². The van der Waals surface area contributed by atoms with Crippen LogP contribution in [-0.4, -0.2) is 57.9 Å². The summed E-state index contributed by atoms with van der Waals surface area (Å²) in [6.07, 6.45) is 1.83. The second kappa shape index (κ2) is 9.49. The Kier molecular flexibility index (Phi) is 6.99. The minimum Gasteiger partial charge on any atom is -0.493 e. The summed E-state index contributed by atoms with van der Waals surface area (Å²) in [5.41, 5.74) is 2.11. The van der Waals surface area contributed by atoms with Gasteiger partial charge in [0.15, 0.2) is 11.5 Å². The number of nitrogens with zero attached hydrogens (tertiary/aromatic N) is 2. The van der Waals surface area contributed by atoms with Crippen molar-refractivity contribution in [3.05, 3.63) is 59.2 Å². The number of carbonyl (C=O) groups excluding carboxylic acids is 1. The van der Waals surface area contributed by atoms with Gasteiger partial charge in [0.05, 0.1) is 20.0 Å². The molecule has 1 fully saturated rings. The summed E-state index contributed by atoms with van der Waals surface area (Å²) in [6, 6.07) is 12.3. The highest BCUT2D eigenvalue weighted by Crippen LogP contribution is 2.28. The van der Waals surface area contributed by atoms with E-state index in [1.54, 1.807) is 54.7 Å². The molecule has 1 amide bonds. The molecular formula is C22H28N2O5S. The highest BCUT2D eigenvalue weighted by molar-refractivity contribution is 7.88. The lowest BCUT2D eigenvalue weighted by Gasteiger charge is -2.19. The second-order valence-corrected chi connectivity index (χ2v) is 9.38. The third kappa shape index (κ3) is 5.12. The Morgan fingerprint density at radius 2 is 1.57 bits per heavy atom. The van der Waals surface area contributed by atoms with Gasteiger partial charge in [-0.1, -0.05) is 18.2 Å². The highest BCUT2D eigenvalue weighted by atomic mass is 32.2. The highest BCUT2D eigenvalue weighted by Gasteiger charge is 2.25. The number of hydrogen-bond donors (Lipinski definition) is 0. The average molecular weight is 433 g/mol. The molecule has 7 nitrogen and oxygen atoms in total. The summed E-state index contributed by atoms with van der Waals surface area (Å²) in [7, 11) is 1.58. The van der Waals surface area contributed by atoms with Crippen LogP contribution in [0.2, 0.25) is 0 Å². The van der Waals surface area contributed by atoms with Crippen LogP contribution in [0.4, 0.5) is 0 Å². The third-order valence-electron chi connectivity index (χ3n) is 5.22. The van der Waals surface area contributed by atoms with Crippen LogP contribution in [-0.2, 0) is 22.3 Å². The average Bonchev–Trinajstić information content (AvgIpc) is 3.29. The van der Waals surface area contributed by atoms with Crippen LogP contribution in [0.3, 0.4) is 0 Å². The largest absolute Gasteiger partial charge is 0.493 e. The Balaban J connectivity index is 1.65. The van der Waals surface area contributed by atoms with Crippen molar-refractivity contribution < 1.29 is 22.7 Å². The van der Waals surface area contributed by atoms with Gasteiger partial charge in [0.1, 0.15) is 0 Å².